The Labute approximate surface area is 183 Å². The zero-order valence-corrected chi connectivity index (χ0v) is 17.9. The van der Waals surface area contributed by atoms with Crippen LogP contribution in [0.5, 0.6) is 0 Å². The molecular weight excluding hydrogens is 492 g/mol. The number of carbonyl (C=O) groups is 2. The number of rotatable bonds is 10. The number of carbonyl (C=O) groups excluding carboxylic acids is 2. The van der Waals surface area contributed by atoms with Crippen LogP contribution in [0.2, 0.25) is 0 Å². The van der Waals surface area contributed by atoms with Crippen LogP contribution in [0.1, 0.15) is 38.5 Å². The summed E-state index contributed by atoms with van der Waals surface area (Å²) < 4.78 is 97.0. The molecule has 2 atom stereocenters. The number of hydrogen-bond acceptors (Lipinski definition) is 10. The smallest absolute Gasteiger partial charge is 0.465 e. The summed E-state index contributed by atoms with van der Waals surface area (Å²) in [6.07, 6.45) is 2.99. The standard InChI is InChI=1S/C16H20F4O10S2/c17-15(18,31-30-29-23)11(21)27-7-13-2-9-1-10(3-13)5-14(4-9,6-13)8-28-12(22)16(19,20)32(24,25)26/h9-10,23H,1-8H2,(H,24,25,26)/p-1. The highest BCUT2D eigenvalue weighted by Gasteiger charge is 2.60. The fraction of sp³-hybridized carbons (Fsp3) is 0.875. The van der Waals surface area contributed by atoms with Gasteiger partial charge in [-0.05, 0) is 50.4 Å². The average Bonchev–Trinajstić information content (AvgIpc) is 2.66. The fourth-order valence-electron chi connectivity index (χ4n) is 5.79. The van der Waals surface area contributed by atoms with Crippen molar-refractivity contribution in [1.29, 1.82) is 0 Å². The van der Waals surface area contributed by atoms with Crippen LogP contribution in [0.15, 0.2) is 0 Å². The maximum Gasteiger partial charge on any atom is 0.465 e. The molecule has 0 aliphatic heterocycles. The molecule has 0 spiro atoms. The zero-order valence-electron chi connectivity index (χ0n) is 16.3. The molecule has 1 N–H and O–H groups in total. The quantitative estimate of drug-likeness (QED) is 0.114. The summed E-state index contributed by atoms with van der Waals surface area (Å²) in [5.41, 5.74) is -1.58. The first kappa shape index (κ1) is 25.4. The molecule has 2 unspecified atom stereocenters. The van der Waals surface area contributed by atoms with Crippen molar-refractivity contribution in [1.82, 2.24) is 0 Å². The molecule has 0 radical (unpaired) electrons. The van der Waals surface area contributed by atoms with Crippen molar-refractivity contribution in [2.75, 3.05) is 13.2 Å². The van der Waals surface area contributed by atoms with E-state index in [1.807, 2.05) is 0 Å². The second-order valence-electron chi connectivity index (χ2n) is 8.84. The molecule has 4 rings (SSSR count). The molecule has 4 aliphatic rings. The molecule has 0 amide bonds. The van der Waals surface area contributed by atoms with Gasteiger partial charge in [-0.2, -0.15) is 30.3 Å². The van der Waals surface area contributed by atoms with Crippen LogP contribution in [0.4, 0.5) is 17.6 Å². The lowest BCUT2D eigenvalue weighted by atomic mass is 9.44. The molecule has 0 saturated heterocycles. The molecule has 32 heavy (non-hydrogen) atoms. The molecule has 10 nitrogen and oxygen atoms in total. The number of hydrogen-bond donors (Lipinski definition) is 1. The highest BCUT2D eigenvalue weighted by Crippen LogP contribution is 2.65. The lowest BCUT2D eigenvalue weighted by Gasteiger charge is -2.61. The van der Waals surface area contributed by atoms with E-state index in [0.29, 0.717) is 25.7 Å². The number of alkyl halides is 4. The monoisotopic (exact) mass is 511 g/mol. The van der Waals surface area contributed by atoms with Crippen molar-refractivity contribution in [3.8, 4) is 0 Å². The molecule has 4 saturated carbocycles. The molecule has 184 valence electrons. The van der Waals surface area contributed by atoms with Gasteiger partial charge in [0, 0.05) is 10.8 Å². The Balaban J connectivity index is 1.67. The summed E-state index contributed by atoms with van der Waals surface area (Å²) in [4.78, 5) is 23.3. The van der Waals surface area contributed by atoms with Crippen LogP contribution in [0, 0.1) is 22.7 Å². The van der Waals surface area contributed by atoms with Gasteiger partial charge in [-0.25, -0.2) is 9.59 Å². The second-order valence-corrected chi connectivity index (χ2v) is 11.1. The van der Waals surface area contributed by atoms with Crippen LogP contribution in [0.3, 0.4) is 0 Å². The van der Waals surface area contributed by atoms with Gasteiger partial charge in [0.2, 0.25) is 0 Å². The van der Waals surface area contributed by atoms with E-state index >= 15 is 0 Å². The third-order valence-corrected chi connectivity index (χ3v) is 7.60. The van der Waals surface area contributed by atoms with Crippen molar-refractivity contribution in [3.63, 3.8) is 0 Å². The van der Waals surface area contributed by atoms with Crippen molar-refractivity contribution >= 4 is 34.1 Å². The maximum atomic E-state index is 13.6. The Morgan fingerprint density at radius 3 is 1.91 bits per heavy atom. The number of halogens is 4. The number of esters is 2. The molecule has 0 heterocycles. The van der Waals surface area contributed by atoms with Gasteiger partial charge in [0.25, 0.3) is 0 Å². The summed E-state index contributed by atoms with van der Waals surface area (Å²) in [5, 5.41) is 3.15. The van der Waals surface area contributed by atoms with E-state index < -0.39 is 68.7 Å². The zero-order chi connectivity index (χ0) is 24.0. The summed E-state index contributed by atoms with van der Waals surface area (Å²) in [6.45, 7) is -0.968. The third-order valence-electron chi connectivity index (χ3n) is 6.29. The van der Waals surface area contributed by atoms with Crippen LogP contribution in [-0.4, -0.2) is 48.6 Å². The second kappa shape index (κ2) is 8.54. The first-order valence-corrected chi connectivity index (χ1v) is 11.5. The van der Waals surface area contributed by atoms with Crippen molar-refractivity contribution in [2.45, 2.75) is 49.0 Å². The topological polar surface area (TPSA) is 148 Å². The minimum absolute atomic E-state index is 0.0443. The van der Waals surface area contributed by atoms with Gasteiger partial charge in [0.1, 0.15) is 12.0 Å². The van der Waals surface area contributed by atoms with Gasteiger partial charge in [-0.15, -0.1) is 0 Å². The number of ether oxygens (including phenoxy) is 2. The Morgan fingerprint density at radius 1 is 1.00 bits per heavy atom. The predicted octanol–water partition coefficient (Wildman–Crippen LogP) is 1.60. The first-order valence-electron chi connectivity index (χ1n) is 9.35. The Morgan fingerprint density at radius 2 is 1.47 bits per heavy atom. The minimum atomic E-state index is -6.01. The van der Waals surface area contributed by atoms with Gasteiger partial charge in [0.05, 0.1) is 13.2 Å². The van der Waals surface area contributed by atoms with Crippen LogP contribution >= 0.6 is 12.0 Å². The van der Waals surface area contributed by atoms with E-state index in [2.05, 4.69) is 14.1 Å². The van der Waals surface area contributed by atoms with Crippen molar-refractivity contribution in [2.24, 2.45) is 22.7 Å². The summed E-state index contributed by atoms with van der Waals surface area (Å²) in [6, 6.07) is 0. The van der Waals surface area contributed by atoms with Crippen LogP contribution < -0.4 is 5.26 Å². The molecular formula is C16H19F4O10S2-. The highest BCUT2D eigenvalue weighted by atomic mass is 32.2. The van der Waals surface area contributed by atoms with E-state index in [1.165, 1.54) is 0 Å². The SMILES string of the molecule is O=C(OCC12CC3CC(C1)CC(COC(=O)C(F)(F)S(=O)(=O)O)(C3)C2)C(F)(F)SOO[O-]. The van der Waals surface area contributed by atoms with Gasteiger partial charge >= 0.3 is 32.6 Å². The van der Waals surface area contributed by atoms with Gasteiger partial charge < -0.3 is 14.7 Å². The van der Waals surface area contributed by atoms with Crippen LogP contribution in [-0.2, 0) is 38.6 Å². The predicted molar refractivity (Wildman–Crippen MR) is 92.7 cm³/mol. The van der Waals surface area contributed by atoms with Crippen molar-refractivity contribution in [3.05, 3.63) is 0 Å². The lowest BCUT2D eigenvalue weighted by Crippen LogP contribution is -2.56. The average molecular weight is 511 g/mol. The van der Waals surface area contributed by atoms with E-state index in [1.54, 1.807) is 0 Å². The molecule has 4 bridgehead atoms. The van der Waals surface area contributed by atoms with E-state index in [-0.39, 0.29) is 18.3 Å². The maximum absolute atomic E-state index is 13.6. The molecule has 0 aromatic heterocycles. The Hall–Kier alpha value is -1.20. The summed E-state index contributed by atoms with van der Waals surface area (Å²) in [5.74, 6) is -4.28. The Bertz CT molecular complexity index is 851. The summed E-state index contributed by atoms with van der Waals surface area (Å²) >= 11 is -0.822. The Kier molecular flexibility index (Phi) is 6.78. The molecule has 4 fully saturated rings. The highest BCUT2D eigenvalue weighted by molar-refractivity contribution is 7.96. The first-order chi connectivity index (χ1) is 14.6. The third kappa shape index (κ3) is 4.99. The molecule has 4 aliphatic carbocycles. The summed E-state index contributed by atoms with van der Waals surface area (Å²) in [7, 11) is -6.01. The van der Waals surface area contributed by atoms with E-state index in [0.717, 1.165) is 6.42 Å². The van der Waals surface area contributed by atoms with E-state index in [4.69, 9.17) is 9.29 Å². The van der Waals surface area contributed by atoms with E-state index in [9.17, 15) is 40.8 Å². The van der Waals surface area contributed by atoms with Gasteiger partial charge in [-0.3, -0.25) is 9.59 Å². The lowest BCUT2D eigenvalue weighted by molar-refractivity contribution is -0.777. The largest absolute Gasteiger partial charge is 0.691 e. The molecule has 16 heteroatoms. The van der Waals surface area contributed by atoms with Gasteiger partial charge in [0.15, 0.2) is 0 Å². The minimum Gasteiger partial charge on any atom is -0.691 e. The molecule has 0 aromatic rings. The molecule has 0 aromatic carbocycles. The fourth-order valence-corrected chi connectivity index (χ4v) is 6.30. The van der Waals surface area contributed by atoms with Crippen LogP contribution in [0.25, 0.3) is 0 Å². The van der Waals surface area contributed by atoms with Gasteiger partial charge in [-0.1, -0.05) is 0 Å². The van der Waals surface area contributed by atoms with Crippen molar-refractivity contribution < 1.29 is 64.2 Å². The normalized spacial score (nSPS) is 32.1.